The van der Waals surface area contributed by atoms with Crippen LogP contribution in [0.25, 0.3) is 11.2 Å². The van der Waals surface area contributed by atoms with Gasteiger partial charge in [-0.3, -0.25) is 14.7 Å². The lowest BCUT2D eigenvalue weighted by Gasteiger charge is -2.19. The molecule has 3 aromatic rings. The number of nitro groups is 1. The van der Waals surface area contributed by atoms with E-state index in [1.807, 2.05) is 0 Å². The molecule has 4 rings (SSSR count). The summed E-state index contributed by atoms with van der Waals surface area (Å²) in [6, 6.07) is 8.44. The average molecular weight is 419 g/mol. The molecular formula is C17H17N5O6S. The van der Waals surface area contributed by atoms with Crippen molar-refractivity contribution in [3.8, 4) is 0 Å². The molecule has 0 radical (unpaired) electrons. The summed E-state index contributed by atoms with van der Waals surface area (Å²) in [5.41, 5.74) is 1.10. The van der Waals surface area contributed by atoms with Gasteiger partial charge in [-0.15, -0.1) is 0 Å². The zero-order chi connectivity index (χ0) is 20.5. The molecule has 0 spiro atoms. The molecule has 29 heavy (non-hydrogen) atoms. The second kappa shape index (κ2) is 8.00. The molecule has 0 aliphatic carbocycles. The number of ether oxygens (including phenoxy) is 1. The van der Waals surface area contributed by atoms with Gasteiger partial charge in [0.1, 0.15) is 30.2 Å². The molecule has 1 aliphatic heterocycles. The van der Waals surface area contributed by atoms with Crippen LogP contribution in [0.4, 0.5) is 0 Å². The van der Waals surface area contributed by atoms with Gasteiger partial charge in [-0.05, 0) is 11.8 Å². The van der Waals surface area contributed by atoms with E-state index in [-0.39, 0.29) is 10.8 Å². The van der Waals surface area contributed by atoms with E-state index in [9.17, 15) is 25.4 Å². The molecule has 12 heteroatoms. The van der Waals surface area contributed by atoms with Crippen LogP contribution in [0.1, 0.15) is 17.2 Å². The molecule has 1 saturated heterocycles. The summed E-state index contributed by atoms with van der Waals surface area (Å²) in [6.07, 6.45) is -2.14. The topological polar surface area (TPSA) is 157 Å². The van der Waals surface area contributed by atoms with Gasteiger partial charge in [-0.1, -0.05) is 30.3 Å². The predicted octanol–water partition coefficient (Wildman–Crippen LogP) is 0.505. The fraction of sp³-hybridized carbons (Fsp3) is 0.353. The summed E-state index contributed by atoms with van der Waals surface area (Å²) in [7, 11) is 0. The van der Waals surface area contributed by atoms with Crippen LogP contribution in [0, 0.1) is 10.1 Å². The van der Waals surface area contributed by atoms with E-state index in [2.05, 4.69) is 15.0 Å². The number of rotatable bonds is 6. The molecule has 3 N–H and O–H groups in total. The SMILES string of the molecule is O=[N+]([O-])C(Sc1nc2cncnc2n1[C@@H]1O[C@H](CO)[C@@H](O)[C@H]1O)c1ccccc1. The zero-order valence-electron chi connectivity index (χ0n) is 14.8. The maximum Gasteiger partial charge on any atom is 0.290 e. The first-order chi connectivity index (χ1) is 14.0. The second-order valence-electron chi connectivity index (χ2n) is 6.39. The van der Waals surface area contributed by atoms with Crippen molar-refractivity contribution in [3.63, 3.8) is 0 Å². The molecule has 1 aromatic carbocycles. The van der Waals surface area contributed by atoms with Crippen LogP contribution >= 0.6 is 11.8 Å². The third kappa shape index (κ3) is 3.56. The molecule has 0 saturated carbocycles. The summed E-state index contributed by atoms with van der Waals surface area (Å²) in [5.74, 6) is 0. The maximum atomic E-state index is 11.7. The van der Waals surface area contributed by atoms with Gasteiger partial charge in [0.2, 0.25) is 0 Å². The first kappa shape index (κ1) is 19.7. The van der Waals surface area contributed by atoms with Crippen LogP contribution in [0.2, 0.25) is 0 Å². The largest absolute Gasteiger partial charge is 0.394 e. The van der Waals surface area contributed by atoms with Crippen molar-refractivity contribution in [3.05, 3.63) is 58.5 Å². The molecule has 11 nitrogen and oxygen atoms in total. The number of benzene rings is 1. The van der Waals surface area contributed by atoms with Crippen molar-refractivity contribution in [1.82, 2.24) is 19.5 Å². The summed E-state index contributed by atoms with van der Waals surface area (Å²) in [5, 5.41) is 40.7. The normalized spacial score (nSPS) is 25.3. The minimum atomic E-state index is -1.38. The number of hydrogen-bond acceptors (Lipinski definition) is 10. The van der Waals surface area contributed by atoms with E-state index in [0.29, 0.717) is 11.1 Å². The Kier molecular flexibility index (Phi) is 5.43. The Morgan fingerprint density at radius 1 is 1.28 bits per heavy atom. The van der Waals surface area contributed by atoms with Crippen molar-refractivity contribution in [2.24, 2.45) is 0 Å². The van der Waals surface area contributed by atoms with Crippen molar-refractivity contribution in [2.45, 2.75) is 35.1 Å². The van der Waals surface area contributed by atoms with E-state index >= 15 is 0 Å². The minimum absolute atomic E-state index is 0.167. The lowest BCUT2D eigenvalue weighted by molar-refractivity contribution is -0.500. The molecule has 0 bridgehead atoms. The van der Waals surface area contributed by atoms with Gasteiger partial charge in [0.25, 0.3) is 5.37 Å². The Bertz CT molecular complexity index is 1020. The Balaban J connectivity index is 1.79. The number of aromatic nitrogens is 4. The molecule has 1 unspecified atom stereocenters. The van der Waals surface area contributed by atoms with Crippen molar-refractivity contribution < 1.29 is 25.0 Å². The van der Waals surface area contributed by atoms with Gasteiger partial charge in [0.15, 0.2) is 17.0 Å². The van der Waals surface area contributed by atoms with E-state index in [4.69, 9.17) is 4.74 Å². The fourth-order valence-electron chi connectivity index (χ4n) is 3.18. The predicted molar refractivity (Wildman–Crippen MR) is 100 cm³/mol. The molecule has 2 aromatic heterocycles. The monoisotopic (exact) mass is 419 g/mol. The summed E-state index contributed by atoms with van der Waals surface area (Å²) >= 11 is 0.851. The molecule has 3 heterocycles. The number of nitrogens with zero attached hydrogens (tertiary/aromatic N) is 5. The molecular weight excluding hydrogens is 402 g/mol. The first-order valence-electron chi connectivity index (χ1n) is 8.66. The number of hydrogen-bond donors (Lipinski definition) is 3. The van der Waals surface area contributed by atoms with Crippen molar-refractivity contribution >= 4 is 22.9 Å². The number of aliphatic hydroxyl groups is 3. The smallest absolute Gasteiger partial charge is 0.290 e. The maximum absolute atomic E-state index is 11.7. The fourth-order valence-corrected chi connectivity index (χ4v) is 4.22. The molecule has 5 atom stereocenters. The molecule has 0 amide bonds. The van der Waals surface area contributed by atoms with Crippen molar-refractivity contribution in [2.75, 3.05) is 6.61 Å². The Hall–Kier alpha value is -2.64. The van der Waals surface area contributed by atoms with Gasteiger partial charge in [-0.25, -0.2) is 15.0 Å². The third-order valence-corrected chi connectivity index (χ3v) is 5.75. The van der Waals surface area contributed by atoms with Gasteiger partial charge in [0.05, 0.1) is 12.8 Å². The molecule has 152 valence electrons. The Morgan fingerprint density at radius 3 is 2.69 bits per heavy atom. The zero-order valence-corrected chi connectivity index (χ0v) is 15.7. The molecule has 1 fully saturated rings. The Labute approximate surface area is 168 Å². The first-order valence-corrected chi connectivity index (χ1v) is 9.54. The quantitative estimate of drug-likeness (QED) is 0.222. The van der Waals surface area contributed by atoms with Crippen LogP contribution < -0.4 is 0 Å². The lowest BCUT2D eigenvalue weighted by Crippen LogP contribution is -2.33. The van der Waals surface area contributed by atoms with Gasteiger partial charge < -0.3 is 20.1 Å². The Morgan fingerprint density at radius 2 is 2.03 bits per heavy atom. The van der Waals surface area contributed by atoms with E-state index in [1.165, 1.54) is 17.1 Å². The van der Waals surface area contributed by atoms with Crippen LogP contribution in [-0.4, -0.2) is 64.7 Å². The summed E-state index contributed by atoms with van der Waals surface area (Å²) in [4.78, 5) is 23.7. The van der Waals surface area contributed by atoms with Crippen LogP contribution in [-0.2, 0) is 4.74 Å². The van der Waals surface area contributed by atoms with Crippen molar-refractivity contribution in [1.29, 1.82) is 0 Å². The van der Waals surface area contributed by atoms with Crippen LogP contribution in [0.5, 0.6) is 0 Å². The van der Waals surface area contributed by atoms with Gasteiger partial charge >= 0.3 is 0 Å². The highest BCUT2D eigenvalue weighted by Crippen LogP contribution is 2.40. The van der Waals surface area contributed by atoms with E-state index < -0.39 is 41.4 Å². The molecule has 1 aliphatic rings. The number of thioether (sulfide) groups is 1. The standard InChI is InChI=1S/C17H17N5O6S/c23-7-11-12(24)13(25)15(28-11)21-14-10(6-18-8-19-14)20-17(21)29-16(22(26)27)9-4-2-1-3-5-9/h1-6,8,11-13,15-16,23-25H,7H2/t11-,12-,13-,15-,16?/m1/s1. The highest BCUT2D eigenvalue weighted by Gasteiger charge is 2.45. The third-order valence-electron chi connectivity index (χ3n) is 4.59. The highest BCUT2D eigenvalue weighted by molar-refractivity contribution is 7.99. The number of aliphatic hydroxyl groups excluding tert-OH is 3. The second-order valence-corrected chi connectivity index (χ2v) is 7.44. The summed E-state index contributed by atoms with van der Waals surface area (Å²) in [6.45, 7) is -0.500. The van der Waals surface area contributed by atoms with Gasteiger partial charge in [-0.2, -0.15) is 0 Å². The van der Waals surface area contributed by atoms with E-state index in [0.717, 1.165) is 11.8 Å². The van der Waals surface area contributed by atoms with Crippen LogP contribution in [0.15, 0.2) is 48.0 Å². The van der Waals surface area contributed by atoms with Gasteiger partial charge in [0, 0.05) is 10.5 Å². The minimum Gasteiger partial charge on any atom is -0.394 e. The van der Waals surface area contributed by atoms with Crippen LogP contribution in [0.3, 0.4) is 0 Å². The average Bonchev–Trinajstić information content (AvgIpc) is 3.23. The lowest BCUT2D eigenvalue weighted by atomic mass is 10.1. The number of imidazole rings is 1. The highest BCUT2D eigenvalue weighted by atomic mass is 32.2. The summed E-state index contributed by atoms with van der Waals surface area (Å²) < 4.78 is 7.00. The number of fused-ring (bicyclic) bond motifs is 1. The van der Waals surface area contributed by atoms with E-state index in [1.54, 1.807) is 30.3 Å².